The zero-order valence-corrected chi connectivity index (χ0v) is 14.7. The van der Waals surface area contributed by atoms with E-state index in [-0.39, 0.29) is 0 Å². The molecule has 0 amide bonds. The molecule has 1 aromatic carbocycles. The van der Waals surface area contributed by atoms with Crippen LogP contribution in [-0.2, 0) is 0 Å². The molecule has 4 heteroatoms. The Bertz CT molecular complexity index is 659. The molecule has 0 unspecified atom stereocenters. The van der Waals surface area contributed by atoms with Crippen LogP contribution >= 0.6 is 11.6 Å². The van der Waals surface area contributed by atoms with Crippen LogP contribution in [0.4, 0.5) is 0 Å². The lowest BCUT2D eigenvalue weighted by molar-refractivity contribution is 0.340. The van der Waals surface area contributed by atoms with Gasteiger partial charge in [-0.25, -0.2) is 9.97 Å². The lowest BCUT2D eigenvalue weighted by Gasteiger charge is -2.25. The molecule has 0 N–H and O–H groups in total. The Hall–Kier alpha value is -1.87. The maximum atomic E-state index is 5.68. The molecule has 0 radical (unpaired) electrons. The normalized spacial score (nSPS) is 21.1. The molecule has 3 nitrogen and oxygen atoms in total. The van der Waals surface area contributed by atoms with Gasteiger partial charge in [-0.05, 0) is 56.2 Å². The minimum atomic E-state index is 0.472. The molecule has 1 aliphatic rings. The first-order valence-corrected chi connectivity index (χ1v) is 9.06. The molecule has 0 saturated heterocycles. The molecule has 0 aliphatic heterocycles. The highest BCUT2D eigenvalue weighted by molar-refractivity contribution is 6.25. The Kier molecular flexibility index (Phi) is 5.86. The number of halogens is 1. The van der Waals surface area contributed by atoms with Gasteiger partial charge in [-0.1, -0.05) is 29.8 Å². The van der Waals surface area contributed by atoms with Crippen molar-refractivity contribution >= 4 is 11.6 Å². The van der Waals surface area contributed by atoms with Crippen LogP contribution < -0.4 is 4.74 Å². The number of ether oxygens (including phenoxy) is 1. The van der Waals surface area contributed by atoms with E-state index in [9.17, 15) is 0 Å². The third kappa shape index (κ3) is 4.15. The minimum Gasteiger partial charge on any atom is -0.494 e. The number of nitrogens with zero attached hydrogens (tertiary/aromatic N) is 2. The summed E-state index contributed by atoms with van der Waals surface area (Å²) in [6, 6.07) is 8.07. The fraction of sp³-hybridized carbons (Fsp3) is 0.400. The van der Waals surface area contributed by atoms with E-state index in [2.05, 4.69) is 16.0 Å². The van der Waals surface area contributed by atoms with Crippen molar-refractivity contribution in [2.45, 2.75) is 38.5 Å². The second kappa shape index (κ2) is 8.29. The highest BCUT2D eigenvalue weighted by Gasteiger charge is 2.22. The molecule has 1 saturated carbocycles. The Morgan fingerprint density at radius 3 is 2.29 bits per heavy atom. The molecule has 1 aromatic heterocycles. The summed E-state index contributed by atoms with van der Waals surface area (Å²) in [5.41, 5.74) is 3.80. The average molecular weight is 343 g/mol. The molecule has 0 bridgehead atoms. The highest BCUT2D eigenvalue weighted by atomic mass is 35.5. The van der Waals surface area contributed by atoms with Crippen molar-refractivity contribution in [3.63, 3.8) is 0 Å². The van der Waals surface area contributed by atoms with Gasteiger partial charge in [-0.3, -0.25) is 0 Å². The summed E-state index contributed by atoms with van der Waals surface area (Å²) >= 11 is 5.68. The van der Waals surface area contributed by atoms with Crippen LogP contribution in [-0.4, -0.2) is 16.6 Å². The van der Waals surface area contributed by atoms with Gasteiger partial charge in [0.2, 0.25) is 0 Å². The average Bonchev–Trinajstić information content (AvgIpc) is 2.64. The van der Waals surface area contributed by atoms with Crippen molar-refractivity contribution in [3.05, 3.63) is 54.1 Å². The molecule has 0 atom stereocenters. The molecule has 3 rings (SSSR count). The fourth-order valence-corrected chi connectivity index (χ4v) is 3.49. The first kappa shape index (κ1) is 17.0. The third-order valence-electron chi connectivity index (χ3n) is 4.65. The van der Waals surface area contributed by atoms with Crippen molar-refractivity contribution in [1.82, 2.24) is 9.97 Å². The van der Waals surface area contributed by atoms with Gasteiger partial charge in [0, 0.05) is 29.4 Å². The molecule has 1 aliphatic carbocycles. The Labute approximate surface area is 148 Å². The predicted octanol–water partition coefficient (Wildman–Crippen LogP) is 5.57. The summed E-state index contributed by atoms with van der Waals surface area (Å²) in [4.78, 5) is 9.24. The summed E-state index contributed by atoms with van der Waals surface area (Å²) in [7, 11) is 0. The Morgan fingerprint density at radius 1 is 1.04 bits per heavy atom. The minimum absolute atomic E-state index is 0.472. The molecule has 126 valence electrons. The fourth-order valence-electron chi connectivity index (χ4n) is 3.28. The van der Waals surface area contributed by atoms with Gasteiger partial charge in [0.1, 0.15) is 11.6 Å². The molecule has 2 aromatic rings. The molecule has 1 fully saturated rings. The maximum Gasteiger partial charge on any atom is 0.131 e. The largest absolute Gasteiger partial charge is 0.494 e. The van der Waals surface area contributed by atoms with E-state index in [1.54, 1.807) is 5.54 Å². The van der Waals surface area contributed by atoms with Crippen molar-refractivity contribution in [2.24, 2.45) is 5.92 Å². The molecule has 24 heavy (non-hydrogen) atoms. The van der Waals surface area contributed by atoms with Crippen molar-refractivity contribution in [1.29, 1.82) is 0 Å². The van der Waals surface area contributed by atoms with Gasteiger partial charge in [-0.15, -0.1) is 0 Å². The Balaban J connectivity index is 1.65. The maximum absolute atomic E-state index is 5.68. The molecular weight excluding hydrogens is 320 g/mol. The van der Waals surface area contributed by atoms with Crippen molar-refractivity contribution in [3.8, 4) is 16.9 Å². The number of hydrogen-bond acceptors (Lipinski definition) is 3. The quantitative estimate of drug-likeness (QED) is 0.712. The van der Waals surface area contributed by atoms with E-state index < -0.39 is 0 Å². The molecule has 0 spiro atoms. The number of aromatic nitrogens is 2. The van der Waals surface area contributed by atoms with Crippen molar-refractivity contribution < 1.29 is 4.74 Å². The second-order valence-electron chi connectivity index (χ2n) is 6.22. The summed E-state index contributed by atoms with van der Waals surface area (Å²) in [5.74, 6) is 2.95. The van der Waals surface area contributed by atoms with Crippen LogP contribution in [0.25, 0.3) is 11.1 Å². The standard InChI is InChI=1S/C20H23ClN2O/c1-2-24-19-9-7-16(8-10-19)18-13-22-20(23-14-18)17-5-3-15(4-6-17)11-12-21/h7-15,17H,2-6H2,1H3/b12-11+/t15-,17-. The van der Waals surface area contributed by atoms with E-state index in [0.717, 1.165) is 48.4 Å². The van der Waals surface area contributed by atoms with E-state index in [1.807, 2.05) is 43.6 Å². The predicted molar refractivity (Wildman–Crippen MR) is 98.3 cm³/mol. The highest BCUT2D eigenvalue weighted by Crippen LogP contribution is 2.35. The molecular formula is C20H23ClN2O. The number of hydrogen-bond donors (Lipinski definition) is 0. The van der Waals surface area contributed by atoms with Crippen molar-refractivity contribution in [2.75, 3.05) is 6.61 Å². The van der Waals surface area contributed by atoms with Gasteiger partial charge < -0.3 is 4.74 Å². The number of rotatable bonds is 5. The summed E-state index contributed by atoms with van der Waals surface area (Å²) in [5, 5.41) is 0. The van der Waals surface area contributed by atoms with Gasteiger partial charge >= 0.3 is 0 Å². The van der Waals surface area contributed by atoms with Crippen LogP contribution in [0.5, 0.6) is 5.75 Å². The number of benzene rings is 1. The van der Waals surface area contributed by atoms with Crippen LogP contribution in [0.2, 0.25) is 0 Å². The van der Waals surface area contributed by atoms with E-state index in [1.165, 1.54) is 0 Å². The van der Waals surface area contributed by atoms with Gasteiger partial charge in [0.15, 0.2) is 0 Å². The summed E-state index contributed by atoms with van der Waals surface area (Å²) in [6.45, 7) is 2.67. The number of allylic oxidation sites excluding steroid dienone is 1. The van der Waals surface area contributed by atoms with E-state index >= 15 is 0 Å². The van der Waals surface area contributed by atoms with Gasteiger partial charge in [0.25, 0.3) is 0 Å². The summed E-state index contributed by atoms with van der Waals surface area (Å²) < 4.78 is 5.48. The zero-order chi connectivity index (χ0) is 16.8. The third-order valence-corrected chi connectivity index (χ3v) is 4.80. The van der Waals surface area contributed by atoms with E-state index in [4.69, 9.17) is 16.3 Å². The van der Waals surface area contributed by atoms with E-state index in [0.29, 0.717) is 18.4 Å². The Morgan fingerprint density at radius 2 is 1.71 bits per heavy atom. The van der Waals surface area contributed by atoms with Crippen LogP contribution in [0.3, 0.4) is 0 Å². The second-order valence-corrected chi connectivity index (χ2v) is 6.47. The van der Waals surface area contributed by atoms with Crippen LogP contribution in [0, 0.1) is 5.92 Å². The molecule has 1 heterocycles. The smallest absolute Gasteiger partial charge is 0.131 e. The lowest BCUT2D eigenvalue weighted by atomic mass is 9.81. The first-order chi connectivity index (χ1) is 11.8. The topological polar surface area (TPSA) is 35.0 Å². The van der Waals surface area contributed by atoms with Crippen LogP contribution in [0.1, 0.15) is 44.3 Å². The van der Waals surface area contributed by atoms with Gasteiger partial charge in [-0.2, -0.15) is 0 Å². The SMILES string of the molecule is CCOc1ccc(-c2cnc([C@H]3CC[C@H](/C=C/Cl)CC3)nc2)cc1. The lowest BCUT2D eigenvalue weighted by Crippen LogP contribution is -2.13. The zero-order valence-electron chi connectivity index (χ0n) is 14.0. The van der Waals surface area contributed by atoms with Gasteiger partial charge in [0.05, 0.1) is 6.61 Å². The summed E-state index contributed by atoms with van der Waals surface area (Å²) in [6.07, 6.45) is 10.6. The monoisotopic (exact) mass is 342 g/mol. The van der Waals surface area contributed by atoms with Crippen LogP contribution in [0.15, 0.2) is 48.3 Å². The first-order valence-electron chi connectivity index (χ1n) is 8.62.